The van der Waals surface area contributed by atoms with Crippen LogP contribution < -0.4 is 11.1 Å². The number of aryl methyl sites for hydroxylation is 1. The van der Waals surface area contributed by atoms with Crippen LogP contribution in [0.25, 0.3) is 0 Å². The van der Waals surface area contributed by atoms with E-state index in [2.05, 4.69) is 15.5 Å². The topological polar surface area (TPSA) is 129 Å². The van der Waals surface area contributed by atoms with Crippen LogP contribution >= 0.6 is 11.8 Å². The second kappa shape index (κ2) is 7.88. The summed E-state index contributed by atoms with van der Waals surface area (Å²) in [5.41, 5.74) is 5.70. The van der Waals surface area contributed by atoms with Gasteiger partial charge in [0, 0.05) is 31.3 Å². The molecule has 2 aromatic rings. The number of amides is 1. The van der Waals surface area contributed by atoms with Gasteiger partial charge in [0.25, 0.3) is 11.6 Å². The number of nitrogens with two attached hydrogens (primary N) is 1. The predicted molar refractivity (Wildman–Crippen MR) is 88.8 cm³/mol. The van der Waals surface area contributed by atoms with E-state index in [-0.39, 0.29) is 23.2 Å². The third kappa shape index (κ3) is 4.52. The first-order valence-corrected chi connectivity index (χ1v) is 8.04. The molecule has 3 N–H and O–H groups in total. The van der Waals surface area contributed by atoms with Gasteiger partial charge in [0.2, 0.25) is 0 Å². The zero-order valence-electron chi connectivity index (χ0n) is 13.3. The molecule has 2 rings (SSSR count). The van der Waals surface area contributed by atoms with Crippen LogP contribution in [0.3, 0.4) is 0 Å². The Labute approximate surface area is 142 Å². The lowest BCUT2D eigenvalue weighted by Gasteiger charge is -2.08. The summed E-state index contributed by atoms with van der Waals surface area (Å²) in [6.07, 6.45) is 2.14. The van der Waals surface area contributed by atoms with E-state index in [4.69, 9.17) is 5.73 Å². The first-order chi connectivity index (χ1) is 11.4. The van der Waals surface area contributed by atoms with Crippen LogP contribution in [0.4, 0.5) is 5.69 Å². The summed E-state index contributed by atoms with van der Waals surface area (Å²) in [5, 5.41) is 22.2. The van der Waals surface area contributed by atoms with Crippen molar-refractivity contribution >= 4 is 23.4 Å². The van der Waals surface area contributed by atoms with E-state index in [1.54, 1.807) is 17.7 Å². The maximum absolute atomic E-state index is 12.1. The predicted octanol–water partition coefficient (Wildman–Crippen LogP) is 1.34. The fraction of sp³-hybridized carbons (Fsp3) is 0.357. The van der Waals surface area contributed by atoms with E-state index < -0.39 is 4.92 Å². The first kappa shape index (κ1) is 17.9. The highest BCUT2D eigenvalue weighted by atomic mass is 32.2. The monoisotopic (exact) mass is 350 g/mol. The zero-order chi connectivity index (χ0) is 17.7. The number of carbonyl (C=O) groups excluding carboxylic acids is 1. The minimum Gasteiger partial charge on any atom is -0.352 e. The third-order valence-corrected chi connectivity index (χ3v) is 4.29. The van der Waals surface area contributed by atoms with Gasteiger partial charge in [-0.1, -0.05) is 0 Å². The lowest BCUT2D eigenvalue weighted by atomic mass is 10.2. The molecular formula is C14H18N6O3S. The summed E-state index contributed by atoms with van der Waals surface area (Å²) in [5.74, 6) is -0.367. The standard InChI is InChI=1S/C14H18N6O3S/c1-9(15)5-6-16-13(21)10-3-4-12(11(7-10)20(22)23)24-14-18-17-8-19(14)2/h3-4,7-9H,5-6,15H2,1-2H3,(H,16,21). The molecule has 0 aliphatic heterocycles. The van der Waals surface area contributed by atoms with Gasteiger partial charge in [0.15, 0.2) is 5.16 Å². The Morgan fingerprint density at radius 1 is 1.54 bits per heavy atom. The molecule has 24 heavy (non-hydrogen) atoms. The SMILES string of the molecule is CC(N)CCNC(=O)c1ccc(Sc2nncn2C)c([N+](=O)[O-])c1. The number of hydrogen-bond donors (Lipinski definition) is 2. The summed E-state index contributed by atoms with van der Waals surface area (Å²) >= 11 is 1.12. The molecule has 1 amide bonds. The third-order valence-electron chi connectivity index (χ3n) is 3.17. The molecule has 0 saturated heterocycles. The highest BCUT2D eigenvalue weighted by Crippen LogP contribution is 2.34. The normalized spacial score (nSPS) is 12.0. The van der Waals surface area contributed by atoms with Crippen LogP contribution in [-0.2, 0) is 7.05 Å². The summed E-state index contributed by atoms with van der Waals surface area (Å²) in [6, 6.07) is 4.33. The molecule has 0 saturated carbocycles. The smallest absolute Gasteiger partial charge is 0.284 e. The molecule has 1 aromatic heterocycles. The molecule has 9 nitrogen and oxygen atoms in total. The van der Waals surface area contributed by atoms with E-state index in [1.807, 2.05) is 6.92 Å². The lowest BCUT2D eigenvalue weighted by Crippen LogP contribution is -2.28. The minimum atomic E-state index is -0.516. The first-order valence-electron chi connectivity index (χ1n) is 7.22. The van der Waals surface area contributed by atoms with Crippen molar-refractivity contribution in [1.82, 2.24) is 20.1 Å². The molecule has 1 unspecified atom stereocenters. The second-order valence-corrected chi connectivity index (χ2v) is 6.30. The summed E-state index contributed by atoms with van der Waals surface area (Å²) in [4.78, 5) is 23.3. The Bertz CT molecular complexity index is 746. The molecule has 128 valence electrons. The number of benzene rings is 1. The van der Waals surface area contributed by atoms with Crippen molar-refractivity contribution in [3.63, 3.8) is 0 Å². The van der Waals surface area contributed by atoms with Crippen molar-refractivity contribution in [2.45, 2.75) is 29.4 Å². The fourth-order valence-electron chi connectivity index (χ4n) is 1.87. The van der Waals surface area contributed by atoms with Gasteiger partial charge in [-0.15, -0.1) is 10.2 Å². The molecule has 0 spiro atoms. The van der Waals surface area contributed by atoms with Gasteiger partial charge in [-0.2, -0.15) is 0 Å². The van der Waals surface area contributed by atoms with Gasteiger partial charge in [0.05, 0.1) is 9.82 Å². The Hall–Kier alpha value is -2.46. The summed E-state index contributed by atoms with van der Waals surface area (Å²) in [7, 11) is 1.74. The van der Waals surface area contributed by atoms with E-state index in [9.17, 15) is 14.9 Å². The summed E-state index contributed by atoms with van der Waals surface area (Å²) < 4.78 is 1.66. The van der Waals surface area contributed by atoms with Crippen molar-refractivity contribution in [1.29, 1.82) is 0 Å². The van der Waals surface area contributed by atoms with Crippen LogP contribution in [0, 0.1) is 10.1 Å². The Balaban J connectivity index is 2.18. The van der Waals surface area contributed by atoms with Crippen molar-refractivity contribution < 1.29 is 9.72 Å². The average Bonchev–Trinajstić information content (AvgIpc) is 2.92. The minimum absolute atomic E-state index is 0.0233. The number of carbonyl (C=O) groups is 1. The Kier molecular flexibility index (Phi) is 5.88. The van der Waals surface area contributed by atoms with Gasteiger partial charge in [-0.3, -0.25) is 14.9 Å². The second-order valence-electron chi connectivity index (χ2n) is 5.29. The lowest BCUT2D eigenvalue weighted by molar-refractivity contribution is -0.387. The maximum atomic E-state index is 12.1. The Morgan fingerprint density at radius 3 is 2.88 bits per heavy atom. The quantitative estimate of drug-likeness (QED) is 0.569. The van der Waals surface area contributed by atoms with E-state index in [1.165, 1.54) is 18.5 Å². The molecule has 0 bridgehead atoms. The molecule has 0 radical (unpaired) electrons. The van der Waals surface area contributed by atoms with E-state index in [0.29, 0.717) is 23.0 Å². The molecule has 0 aliphatic rings. The van der Waals surface area contributed by atoms with E-state index >= 15 is 0 Å². The number of nitro groups is 1. The number of nitrogens with one attached hydrogen (secondary N) is 1. The van der Waals surface area contributed by atoms with Gasteiger partial charge in [-0.05, 0) is 37.2 Å². The van der Waals surface area contributed by atoms with Crippen molar-refractivity contribution in [3.8, 4) is 0 Å². The van der Waals surface area contributed by atoms with Crippen LogP contribution in [0.5, 0.6) is 0 Å². The Morgan fingerprint density at radius 2 is 2.29 bits per heavy atom. The molecule has 1 heterocycles. The van der Waals surface area contributed by atoms with Crippen molar-refractivity contribution in [3.05, 3.63) is 40.2 Å². The van der Waals surface area contributed by atoms with Gasteiger partial charge >= 0.3 is 0 Å². The fourth-order valence-corrected chi connectivity index (χ4v) is 2.72. The summed E-state index contributed by atoms with van der Waals surface area (Å²) in [6.45, 7) is 2.26. The number of rotatable bonds is 7. The van der Waals surface area contributed by atoms with Gasteiger partial charge < -0.3 is 15.6 Å². The molecule has 0 aliphatic carbocycles. The largest absolute Gasteiger partial charge is 0.352 e. The van der Waals surface area contributed by atoms with Crippen LogP contribution in [0.1, 0.15) is 23.7 Å². The van der Waals surface area contributed by atoms with Crippen LogP contribution in [0.2, 0.25) is 0 Å². The molecular weight excluding hydrogens is 332 g/mol. The van der Waals surface area contributed by atoms with E-state index in [0.717, 1.165) is 11.8 Å². The molecule has 0 fully saturated rings. The van der Waals surface area contributed by atoms with Crippen LogP contribution in [0.15, 0.2) is 34.6 Å². The van der Waals surface area contributed by atoms with Crippen LogP contribution in [-0.4, -0.2) is 38.2 Å². The van der Waals surface area contributed by atoms with Gasteiger partial charge in [-0.25, -0.2) is 0 Å². The van der Waals surface area contributed by atoms with Crippen molar-refractivity contribution in [2.75, 3.05) is 6.54 Å². The highest BCUT2D eigenvalue weighted by molar-refractivity contribution is 7.99. The highest BCUT2D eigenvalue weighted by Gasteiger charge is 2.20. The zero-order valence-corrected chi connectivity index (χ0v) is 14.1. The number of nitrogens with zero attached hydrogens (tertiary/aromatic N) is 4. The molecule has 10 heteroatoms. The molecule has 1 atom stereocenters. The number of nitro benzene ring substituents is 1. The molecule has 1 aromatic carbocycles. The van der Waals surface area contributed by atoms with Crippen molar-refractivity contribution in [2.24, 2.45) is 12.8 Å². The average molecular weight is 350 g/mol. The number of aromatic nitrogens is 3. The maximum Gasteiger partial charge on any atom is 0.284 e. The number of hydrogen-bond acceptors (Lipinski definition) is 7. The van der Waals surface area contributed by atoms with Gasteiger partial charge in [0.1, 0.15) is 6.33 Å².